The third kappa shape index (κ3) is 4.09. The predicted octanol–water partition coefficient (Wildman–Crippen LogP) is 2.51. The highest BCUT2D eigenvalue weighted by Crippen LogP contribution is 2.47. The van der Waals surface area contributed by atoms with Gasteiger partial charge < -0.3 is 14.7 Å². The molecule has 1 amide bonds. The minimum absolute atomic E-state index is 0.0280. The van der Waals surface area contributed by atoms with Crippen LogP contribution in [-0.4, -0.2) is 81.6 Å². The van der Waals surface area contributed by atoms with Gasteiger partial charge in [0.1, 0.15) is 28.8 Å². The standard InChI is InChI=1S/C25H30F2N8O3S/c1-14-11-34(23(36)25(5)6-7-39(25,37)38)15(2)10-33(14)21-19-22(30-13-29-21)35(12-24(19,3)4)18-8-16(20(26)27)17(9-28)31-32-18/h8,13-15,20H,6-7,10-12H2,1-5H3/t14-,15+,25+/m0/s1. The number of carbonyl (C=O) groups is 1. The summed E-state index contributed by atoms with van der Waals surface area (Å²) < 4.78 is 50.6. The SMILES string of the molecule is C[C@@H]1CN(c2ncnc3c2C(C)(C)CN3c2cc(C(F)F)c(C#N)nn2)[C@@H](C)CN1C(=O)[C@@]1(C)CCS1(=O)=O. The Labute approximate surface area is 225 Å². The van der Waals surface area contributed by atoms with Gasteiger partial charge in [0.15, 0.2) is 21.3 Å². The van der Waals surface area contributed by atoms with Crippen LogP contribution < -0.4 is 9.80 Å². The van der Waals surface area contributed by atoms with Gasteiger partial charge in [0.2, 0.25) is 5.91 Å². The number of halogens is 2. The minimum atomic E-state index is -3.45. The smallest absolute Gasteiger partial charge is 0.266 e. The molecule has 14 heteroatoms. The number of aromatic nitrogens is 4. The predicted molar refractivity (Wildman–Crippen MR) is 139 cm³/mol. The van der Waals surface area contributed by atoms with E-state index in [1.54, 1.807) is 15.9 Å². The second-order valence-corrected chi connectivity index (χ2v) is 13.9. The van der Waals surface area contributed by atoms with E-state index in [0.717, 1.165) is 5.56 Å². The number of hydrogen-bond donors (Lipinski definition) is 0. The molecule has 0 N–H and O–H groups in total. The Hall–Kier alpha value is -3.47. The first-order valence-electron chi connectivity index (χ1n) is 12.7. The summed E-state index contributed by atoms with van der Waals surface area (Å²) in [6.07, 6.45) is -1.15. The van der Waals surface area contributed by atoms with Gasteiger partial charge in [-0.15, -0.1) is 10.2 Å². The first kappa shape index (κ1) is 27.1. The molecule has 2 fully saturated rings. The summed E-state index contributed by atoms with van der Waals surface area (Å²) >= 11 is 0. The highest BCUT2D eigenvalue weighted by molar-refractivity contribution is 7.95. The average molecular weight is 561 g/mol. The molecule has 3 aliphatic heterocycles. The molecule has 3 atom stereocenters. The number of rotatable bonds is 4. The van der Waals surface area contributed by atoms with Gasteiger partial charge in [0.25, 0.3) is 6.43 Å². The first-order valence-corrected chi connectivity index (χ1v) is 14.4. The summed E-state index contributed by atoms with van der Waals surface area (Å²) in [6, 6.07) is 2.38. The molecule has 39 heavy (non-hydrogen) atoms. The number of carbonyl (C=O) groups excluding carboxylic acids is 1. The molecule has 11 nitrogen and oxygen atoms in total. The Morgan fingerprint density at radius 3 is 2.41 bits per heavy atom. The molecule has 3 aliphatic rings. The second kappa shape index (κ2) is 9.04. The van der Waals surface area contributed by atoms with E-state index in [9.17, 15) is 22.0 Å². The molecule has 5 rings (SSSR count). The number of anilines is 3. The summed E-state index contributed by atoms with van der Waals surface area (Å²) in [7, 11) is -3.45. The lowest BCUT2D eigenvalue weighted by Gasteiger charge is -2.49. The first-order chi connectivity index (χ1) is 18.2. The van der Waals surface area contributed by atoms with Crippen molar-refractivity contribution in [3.05, 3.63) is 29.2 Å². The Bertz CT molecular complexity index is 1490. The van der Waals surface area contributed by atoms with Crippen molar-refractivity contribution in [3.8, 4) is 6.07 Å². The summed E-state index contributed by atoms with van der Waals surface area (Å²) in [6.45, 7) is 10.5. The lowest BCUT2D eigenvalue weighted by atomic mass is 9.87. The van der Waals surface area contributed by atoms with Crippen molar-refractivity contribution in [2.75, 3.05) is 35.2 Å². The number of amides is 1. The molecular formula is C25H30F2N8O3S. The van der Waals surface area contributed by atoms with Gasteiger partial charge in [-0.1, -0.05) is 13.8 Å². The fourth-order valence-corrected chi connectivity index (χ4v) is 7.27. The largest absolute Gasteiger partial charge is 0.350 e. The van der Waals surface area contributed by atoms with Crippen LogP contribution in [0.1, 0.15) is 64.3 Å². The second-order valence-electron chi connectivity index (χ2n) is 11.4. The minimum Gasteiger partial charge on any atom is -0.350 e. The van der Waals surface area contributed by atoms with E-state index in [0.29, 0.717) is 37.7 Å². The quantitative estimate of drug-likeness (QED) is 0.549. The molecule has 0 saturated carbocycles. The van der Waals surface area contributed by atoms with Crippen molar-refractivity contribution in [1.29, 1.82) is 5.26 Å². The van der Waals surface area contributed by atoms with Crippen LogP contribution in [0.3, 0.4) is 0 Å². The van der Waals surface area contributed by atoms with E-state index >= 15 is 0 Å². The summed E-state index contributed by atoms with van der Waals surface area (Å²) in [5.41, 5.74) is -0.610. The number of sulfone groups is 1. The Morgan fingerprint density at radius 1 is 1.13 bits per heavy atom. The van der Waals surface area contributed by atoms with Crippen molar-refractivity contribution < 1.29 is 22.0 Å². The van der Waals surface area contributed by atoms with Crippen LogP contribution in [0.25, 0.3) is 0 Å². The van der Waals surface area contributed by atoms with Crippen molar-refractivity contribution >= 4 is 33.2 Å². The van der Waals surface area contributed by atoms with E-state index in [1.165, 1.54) is 19.3 Å². The monoisotopic (exact) mass is 560 g/mol. The zero-order valence-electron chi connectivity index (χ0n) is 22.4. The van der Waals surface area contributed by atoms with Gasteiger partial charge in [0, 0.05) is 42.7 Å². The Kier molecular flexibility index (Phi) is 6.28. The highest BCUT2D eigenvalue weighted by Gasteiger charge is 2.57. The maximum atomic E-state index is 13.6. The normalized spacial score (nSPS) is 27.2. The average Bonchev–Trinajstić information content (AvgIpc) is 3.18. The van der Waals surface area contributed by atoms with Gasteiger partial charge in [-0.05, 0) is 33.3 Å². The van der Waals surface area contributed by atoms with Gasteiger partial charge >= 0.3 is 0 Å². The van der Waals surface area contributed by atoms with Crippen LogP contribution in [-0.2, 0) is 20.0 Å². The van der Waals surface area contributed by atoms with Crippen LogP contribution >= 0.6 is 0 Å². The number of alkyl halides is 2. The molecule has 0 bridgehead atoms. The van der Waals surface area contributed by atoms with Crippen molar-refractivity contribution in [1.82, 2.24) is 25.1 Å². The lowest BCUT2D eigenvalue weighted by molar-refractivity contribution is -0.137. The molecule has 0 radical (unpaired) electrons. The van der Waals surface area contributed by atoms with Crippen LogP contribution in [0.4, 0.5) is 26.2 Å². The number of hydrogen-bond acceptors (Lipinski definition) is 10. The van der Waals surface area contributed by atoms with E-state index in [-0.39, 0.29) is 29.6 Å². The van der Waals surface area contributed by atoms with Crippen molar-refractivity contribution in [3.63, 3.8) is 0 Å². The molecule has 0 unspecified atom stereocenters. The number of piperazine rings is 1. The molecule has 0 spiro atoms. The molecule has 2 aromatic rings. The third-order valence-corrected chi connectivity index (χ3v) is 10.7. The van der Waals surface area contributed by atoms with Crippen LogP contribution in [0, 0.1) is 11.3 Å². The molecule has 0 aliphatic carbocycles. The zero-order chi connectivity index (χ0) is 28.5. The van der Waals surface area contributed by atoms with E-state index in [2.05, 4.69) is 25.1 Å². The fourth-order valence-electron chi connectivity index (χ4n) is 5.74. The third-order valence-electron chi connectivity index (χ3n) is 8.23. The van der Waals surface area contributed by atoms with E-state index < -0.39 is 37.7 Å². The van der Waals surface area contributed by atoms with Crippen molar-refractivity contribution in [2.24, 2.45) is 0 Å². The molecule has 5 heterocycles. The molecule has 208 valence electrons. The number of nitriles is 1. The molecule has 2 saturated heterocycles. The summed E-state index contributed by atoms with van der Waals surface area (Å²) in [4.78, 5) is 27.9. The van der Waals surface area contributed by atoms with Gasteiger partial charge in [-0.3, -0.25) is 4.79 Å². The molecule has 0 aromatic carbocycles. The van der Waals surface area contributed by atoms with Crippen LogP contribution in [0.5, 0.6) is 0 Å². The summed E-state index contributed by atoms with van der Waals surface area (Å²) in [5.74, 6) is 1.00. The Balaban J connectivity index is 1.48. The van der Waals surface area contributed by atoms with Crippen molar-refractivity contribution in [2.45, 2.75) is 69.7 Å². The van der Waals surface area contributed by atoms with E-state index in [4.69, 9.17) is 5.26 Å². The van der Waals surface area contributed by atoms with Crippen LogP contribution in [0.15, 0.2) is 12.4 Å². The molecule has 2 aromatic heterocycles. The maximum Gasteiger partial charge on any atom is 0.266 e. The van der Waals surface area contributed by atoms with Gasteiger partial charge in [0.05, 0.1) is 11.3 Å². The Morgan fingerprint density at radius 2 is 1.82 bits per heavy atom. The topological polar surface area (TPSA) is 136 Å². The maximum absolute atomic E-state index is 13.6. The summed E-state index contributed by atoms with van der Waals surface area (Å²) in [5, 5.41) is 16.9. The number of nitrogens with zero attached hydrogens (tertiary/aromatic N) is 8. The van der Waals surface area contributed by atoms with E-state index in [1.807, 2.05) is 27.7 Å². The van der Waals surface area contributed by atoms with Gasteiger partial charge in [-0.25, -0.2) is 27.2 Å². The lowest BCUT2D eigenvalue weighted by Crippen LogP contribution is -2.66. The van der Waals surface area contributed by atoms with Gasteiger partial charge in [-0.2, -0.15) is 5.26 Å². The van der Waals surface area contributed by atoms with Crippen LogP contribution in [0.2, 0.25) is 0 Å². The fraction of sp³-hybridized carbons (Fsp3) is 0.600. The zero-order valence-corrected chi connectivity index (χ0v) is 23.2. The number of fused-ring (bicyclic) bond motifs is 1. The highest BCUT2D eigenvalue weighted by atomic mass is 32.2. The molecular weight excluding hydrogens is 530 g/mol.